The van der Waals surface area contributed by atoms with Gasteiger partial charge in [-0.15, -0.1) is 0 Å². The maximum atomic E-state index is 5.50. The van der Waals surface area contributed by atoms with Gasteiger partial charge in [0.05, 0.1) is 19.4 Å². The van der Waals surface area contributed by atoms with E-state index in [9.17, 15) is 0 Å². The van der Waals surface area contributed by atoms with Crippen LogP contribution in [0.3, 0.4) is 0 Å². The number of methoxy groups -OCH3 is 1. The molecule has 2 aromatic carbocycles. The Morgan fingerprint density at radius 1 is 1.04 bits per heavy atom. The van der Waals surface area contributed by atoms with Crippen molar-refractivity contribution in [2.75, 3.05) is 18.7 Å². The van der Waals surface area contributed by atoms with Crippen molar-refractivity contribution in [3.63, 3.8) is 0 Å². The Balaban J connectivity index is 1.81. The van der Waals surface area contributed by atoms with Crippen molar-refractivity contribution in [3.8, 4) is 11.5 Å². The summed E-state index contributed by atoms with van der Waals surface area (Å²) in [6.45, 7) is 4.68. The van der Waals surface area contributed by atoms with Gasteiger partial charge in [0.1, 0.15) is 17.2 Å². The van der Waals surface area contributed by atoms with E-state index in [-0.39, 0.29) is 0 Å². The topological polar surface area (TPSA) is 45.8 Å². The normalized spacial score (nSPS) is 20.0. The maximum absolute atomic E-state index is 5.50. The molecule has 1 aliphatic heterocycles. The number of ether oxygens (including phenoxy) is 2. The fourth-order valence-corrected chi connectivity index (χ4v) is 3.03. The van der Waals surface area contributed by atoms with Gasteiger partial charge in [-0.3, -0.25) is 0 Å². The van der Waals surface area contributed by atoms with E-state index in [1.165, 1.54) is 0 Å². The van der Waals surface area contributed by atoms with Gasteiger partial charge in [0.2, 0.25) is 0 Å². The minimum Gasteiger partial charge on any atom is -0.497 e. The Morgan fingerprint density at radius 2 is 1.67 bits per heavy atom. The fraction of sp³-hybridized carbons (Fsp3) is 0.278. The smallest absolute Gasteiger partial charge is 0.190 e. The van der Waals surface area contributed by atoms with Crippen molar-refractivity contribution in [2.24, 2.45) is 0 Å². The standard InChI is InChI=1S/C18H21N3O2S/c1-4-23-16-9-5-13(6-10-16)18(2)19-17(24)21(20-18)14-7-11-15(22-3)12-8-14/h5-12,20H,4H2,1-3H3,(H,19,24)/t18-/m0/s1. The molecule has 0 unspecified atom stereocenters. The Kier molecular flexibility index (Phi) is 4.59. The molecule has 0 saturated carbocycles. The molecule has 0 amide bonds. The first-order valence-electron chi connectivity index (χ1n) is 7.83. The van der Waals surface area contributed by atoms with Crippen molar-refractivity contribution >= 4 is 23.0 Å². The second kappa shape index (κ2) is 6.67. The zero-order valence-corrected chi connectivity index (χ0v) is 14.8. The molecule has 1 heterocycles. The van der Waals surface area contributed by atoms with Gasteiger partial charge in [0, 0.05) is 0 Å². The van der Waals surface area contributed by atoms with E-state index in [0.29, 0.717) is 11.7 Å². The summed E-state index contributed by atoms with van der Waals surface area (Å²) >= 11 is 5.50. The molecular formula is C18H21N3O2S. The Bertz CT molecular complexity index is 718. The van der Waals surface area contributed by atoms with E-state index in [0.717, 1.165) is 22.7 Å². The van der Waals surface area contributed by atoms with E-state index in [2.05, 4.69) is 17.7 Å². The number of hydrazine groups is 1. The fourth-order valence-electron chi connectivity index (χ4n) is 2.67. The number of benzene rings is 2. The summed E-state index contributed by atoms with van der Waals surface area (Å²) < 4.78 is 10.7. The highest BCUT2D eigenvalue weighted by Gasteiger charge is 2.38. The minimum absolute atomic E-state index is 0.484. The molecule has 5 nitrogen and oxygen atoms in total. The first-order valence-corrected chi connectivity index (χ1v) is 8.24. The maximum Gasteiger partial charge on any atom is 0.190 e. The van der Waals surface area contributed by atoms with Crippen LogP contribution in [-0.2, 0) is 5.66 Å². The molecular weight excluding hydrogens is 322 g/mol. The predicted molar refractivity (Wildman–Crippen MR) is 99.3 cm³/mol. The monoisotopic (exact) mass is 343 g/mol. The van der Waals surface area contributed by atoms with E-state index in [1.807, 2.05) is 60.5 Å². The third-order valence-corrected chi connectivity index (χ3v) is 4.25. The van der Waals surface area contributed by atoms with Crippen LogP contribution in [0.2, 0.25) is 0 Å². The summed E-state index contributed by atoms with van der Waals surface area (Å²) in [7, 11) is 1.65. The summed E-state index contributed by atoms with van der Waals surface area (Å²) in [5.74, 6) is 1.67. The molecule has 0 aromatic heterocycles. The SMILES string of the molecule is CCOc1ccc([C@@]2(C)NC(=S)N(c3ccc(OC)cc3)N2)cc1. The van der Waals surface area contributed by atoms with E-state index >= 15 is 0 Å². The van der Waals surface area contributed by atoms with Gasteiger partial charge >= 0.3 is 0 Å². The lowest BCUT2D eigenvalue weighted by molar-refractivity contribution is 0.339. The molecule has 3 rings (SSSR count). The number of thiocarbonyl (C=S) groups is 1. The number of hydrogen-bond acceptors (Lipinski definition) is 4. The highest BCUT2D eigenvalue weighted by molar-refractivity contribution is 7.80. The summed E-state index contributed by atoms with van der Waals surface area (Å²) in [5, 5.41) is 5.84. The molecule has 1 fully saturated rings. The third kappa shape index (κ3) is 3.16. The van der Waals surface area contributed by atoms with Crippen LogP contribution in [0.15, 0.2) is 48.5 Å². The van der Waals surface area contributed by atoms with Gasteiger partial charge in [-0.25, -0.2) is 5.01 Å². The third-order valence-electron chi connectivity index (χ3n) is 3.97. The van der Waals surface area contributed by atoms with E-state index in [1.54, 1.807) is 7.11 Å². The molecule has 2 N–H and O–H groups in total. The van der Waals surface area contributed by atoms with Gasteiger partial charge in [-0.05, 0) is 68.0 Å². The van der Waals surface area contributed by atoms with Crippen molar-refractivity contribution in [1.29, 1.82) is 0 Å². The van der Waals surface area contributed by atoms with Crippen molar-refractivity contribution in [3.05, 3.63) is 54.1 Å². The van der Waals surface area contributed by atoms with Gasteiger partial charge in [-0.1, -0.05) is 12.1 Å². The van der Waals surface area contributed by atoms with Crippen LogP contribution in [0.1, 0.15) is 19.4 Å². The van der Waals surface area contributed by atoms with Gasteiger partial charge in [-0.2, -0.15) is 5.43 Å². The lowest BCUT2D eigenvalue weighted by atomic mass is 10.0. The van der Waals surface area contributed by atoms with Crippen LogP contribution in [-0.4, -0.2) is 18.8 Å². The second-order valence-electron chi connectivity index (χ2n) is 5.66. The molecule has 126 valence electrons. The van der Waals surface area contributed by atoms with Crippen LogP contribution < -0.4 is 25.2 Å². The number of nitrogens with zero attached hydrogens (tertiary/aromatic N) is 1. The average molecular weight is 343 g/mol. The van der Waals surface area contributed by atoms with Crippen molar-refractivity contribution in [1.82, 2.24) is 10.7 Å². The van der Waals surface area contributed by atoms with Crippen LogP contribution >= 0.6 is 12.2 Å². The first-order chi connectivity index (χ1) is 11.6. The van der Waals surface area contributed by atoms with Crippen LogP contribution in [0, 0.1) is 0 Å². The van der Waals surface area contributed by atoms with Crippen LogP contribution in [0.4, 0.5) is 5.69 Å². The summed E-state index contributed by atoms with van der Waals surface area (Å²) in [4.78, 5) is 0. The quantitative estimate of drug-likeness (QED) is 0.813. The largest absolute Gasteiger partial charge is 0.497 e. The van der Waals surface area contributed by atoms with Crippen LogP contribution in [0.25, 0.3) is 0 Å². The van der Waals surface area contributed by atoms with Crippen molar-refractivity contribution < 1.29 is 9.47 Å². The highest BCUT2D eigenvalue weighted by Crippen LogP contribution is 2.28. The molecule has 6 heteroatoms. The summed E-state index contributed by atoms with van der Waals surface area (Å²) in [5.41, 5.74) is 4.97. The first kappa shape index (κ1) is 16.5. The molecule has 0 spiro atoms. The zero-order chi connectivity index (χ0) is 17.2. The Hall–Kier alpha value is -2.31. The predicted octanol–water partition coefficient (Wildman–Crippen LogP) is 3.17. The average Bonchev–Trinajstić information content (AvgIpc) is 2.92. The zero-order valence-electron chi connectivity index (χ0n) is 14.0. The highest BCUT2D eigenvalue weighted by atomic mass is 32.1. The number of hydrogen-bond donors (Lipinski definition) is 2. The van der Waals surface area contributed by atoms with E-state index in [4.69, 9.17) is 21.7 Å². The number of rotatable bonds is 5. The second-order valence-corrected chi connectivity index (χ2v) is 6.04. The van der Waals surface area contributed by atoms with Crippen LogP contribution in [0.5, 0.6) is 11.5 Å². The Labute approximate surface area is 147 Å². The molecule has 0 radical (unpaired) electrons. The molecule has 1 atom stereocenters. The lowest BCUT2D eigenvalue weighted by Gasteiger charge is -2.26. The molecule has 1 aliphatic rings. The van der Waals surface area contributed by atoms with Gasteiger partial charge in [0.15, 0.2) is 5.11 Å². The number of anilines is 1. The molecule has 24 heavy (non-hydrogen) atoms. The minimum atomic E-state index is -0.484. The van der Waals surface area contributed by atoms with Crippen molar-refractivity contribution in [2.45, 2.75) is 19.5 Å². The summed E-state index contributed by atoms with van der Waals surface area (Å²) in [6.07, 6.45) is 0. The molecule has 2 aromatic rings. The lowest BCUT2D eigenvalue weighted by Crippen LogP contribution is -2.45. The summed E-state index contributed by atoms with van der Waals surface area (Å²) in [6, 6.07) is 15.7. The van der Waals surface area contributed by atoms with Gasteiger partial charge < -0.3 is 14.8 Å². The molecule has 1 saturated heterocycles. The Morgan fingerprint density at radius 3 is 2.25 bits per heavy atom. The molecule has 0 aliphatic carbocycles. The number of nitrogens with one attached hydrogen (secondary N) is 2. The van der Waals surface area contributed by atoms with Gasteiger partial charge in [0.25, 0.3) is 0 Å². The van der Waals surface area contributed by atoms with E-state index < -0.39 is 5.66 Å². The molecule has 0 bridgehead atoms.